The van der Waals surface area contributed by atoms with Crippen LogP contribution in [0.3, 0.4) is 0 Å². The van der Waals surface area contributed by atoms with Crippen LogP contribution in [0.4, 0.5) is 5.69 Å². The minimum absolute atomic E-state index is 0.134. The largest absolute Gasteiger partial charge is 0.352 e. The van der Waals surface area contributed by atoms with Gasteiger partial charge in [-0.2, -0.15) is 0 Å². The molecule has 1 N–H and O–H groups in total. The predicted octanol–water partition coefficient (Wildman–Crippen LogP) is 2.71. The van der Waals surface area contributed by atoms with Crippen LogP contribution < -0.4 is 5.32 Å². The zero-order valence-corrected chi connectivity index (χ0v) is 13.3. The topological polar surface area (TPSA) is 75.5 Å². The van der Waals surface area contributed by atoms with E-state index in [0.717, 1.165) is 32.4 Å². The molecular formula is C15H20ClN3O3. The minimum atomic E-state index is -0.536. The second-order valence-corrected chi connectivity index (χ2v) is 6.12. The summed E-state index contributed by atoms with van der Waals surface area (Å²) in [6, 6.07) is 3.89. The van der Waals surface area contributed by atoms with E-state index in [1.807, 2.05) is 0 Å². The van der Waals surface area contributed by atoms with E-state index in [9.17, 15) is 14.9 Å². The number of hydrogen-bond acceptors (Lipinski definition) is 4. The normalized spacial score (nSPS) is 16.5. The number of carbonyl (C=O) groups is 1. The van der Waals surface area contributed by atoms with Gasteiger partial charge >= 0.3 is 0 Å². The highest BCUT2D eigenvalue weighted by molar-refractivity contribution is 6.33. The number of nitro groups is 1. The Morgan fingerprint density at radius 1 is 1.45 bits per heavy atom. The average Bonchev–Trinajstić information content (AvgIpc) is 2.49. The summed E-state index contributed by atoms with van der Waals surface area (Å²) in [6.07, 6.45) is 3.21. The number of non-ortho nitro benzene ring substituents is 1. The van der Waals surface area contributed by atoms with Crippen molar-refractivity contribution in [2.45, 2.75) is 19.3 Å². The monoisotopic (exact) mass is 325 g/mol. The van der Waals surface area contributed by atoms with Crippen LogP contribution in [0.2, 0.25) is 5.02 Å². The van der Waals surface area contributed by atoms with E-state index in [1.54, 1.807) is 0 Å². The molecule has 0 atom stereocenters. The second-order valence-electron chi connectivity index (χ2n) is 5.71. The van der Waals surface area contributed by atoms with E-state index in [4.69, 9.17) is 11.6 Å². The van der Waals surface area contributed by atoms with Crippen LogP contribution in [0.1, 0.15) is 29.6 Å². The van der Waals surface area contributed by atoms with Gasteiger partial charge in [0, 0.05) is 18.7 Å². The van der Waals surface area contributed by atoms with Crippen molar-refractivity contribution in [3.63, 3.8) is 0 Å². The molecule has 1 amide bonds. The summed E-state index contributed by atoms with van der Waals surface area (Å²) in [5.74, 6) is 0.263. The van der Waals surface area contributed by atoms with Crippen LogP contribution in [0.5, 0.6) is 0 Å². The van der Waals surface area contributed by atoms with Crippen molar-refractivity contribution in [3.05, 3.63) is 38.9 Å². The smallest absolute Gasteiger partial charge is 0.270 e. The minimum Gasteiger partial charge on any atom is -0.352 e. The van der Waals surface area contributed by atoms with Gasteiger partial charge in [0.25, 0.3) is 11.6 Å². The standard InChI is InChI=1S/C15H20ClN3O3/c1-18-8-5-11(6-9-18)4-7-17-15(20)13-10-12(19(21)22)2-3-14(13)16/h2-3,10-11H,4-9H2,1H3,(H,17,20). The number of hydrogen-bond donors (Lipinski definition) is 1. The Hall–Kier alpha value is -1.66. The van der Waals surface area contributed by atoms with Crippen molar-refractivity contribution < 1.29 is 9.72 Å². The molecule has 120 valence electrons. The van der Waals surface area contributed by atoms with E-state index < -0.39 is 4.92 Å². The Kier molecular flexibility index (Phi) is 5.74. The first-order valence-electron chi connectivity index (χ1n) is 7.38. The van der Waals surface area contributed by atoms with Crippen LogP contribution >= 0.6 is 11.6 Å². The summed E-state index contributed by atoms with van der Waals surface area (Å²) in [6.45, 7) is 2.75. The number of halogens is 1. The van der Waals surface area contributed by atoms with E-state index in [1.165, 1.54) is 18.2 Å². The van der Waals surface area contributed by atoms with Crippen molar-refractivity contribution >= 4 is 23.2 Å². The number of carbonyl (C=O) groups excluding carboxylic acids is 1. The van der Waals surface area contributed by atoms with Gasteiger partial charge in [-0.05, 0) is 51.4 Å². The van der Waals surface area contributed by atoms with Gasteiger partial charge in [-0.1, -0.05) is 11.6 Å². The lowest BCUT2D eigenvalue weighted by Crippen LogP contribution is -2.32. The van der Waals surface area contributed by atoms with Crippen LogP contribution in [0, 0.1) is 16.0 Å². The van der Waals surface area contributed by atoms with Crippen LogP contribution in [0.15, 0.2) is 18.2 Å². The SMILES string of the molecule is CN1CCC(CCNC(=O)c2cc([N+](=O)[O-])ccc2Cl)CC1. The summed E-state index contributed by atoms with van der Waals surface area (Å²) in [4.78, 5) is 24.6. The predicted molar refractivity (Wildman–Crippen MR) is 85.3 cm³/mol. The molecule has 0 radical (unpaired) electrons. The third kappa shape index (κ3) is 4.42. The van der Waals surface area contributed by atoms with Gasteiger partial charge in [-0.15, -0.1) is 0 Å². The fourth-order valence-electron chi connectivity index (χ4n) is 2.64. The number of nitro benzene ring substituents is 1. The summed E-state index contributed by atoms with van der Waals surface area (Å²) in [7, 11) is 2.11. The van der Waals surface area contributed by atoms with Gasteiger partial charge in [-0.3, -0.25) is 14.9 Å². The van der Waals surface area contributed by atoms with Gasteiger partial charge in [-0.25, -0.2) is 0 Å². The van der Waals surface area contributed by atoms with Gasteiger partial charge < -0.3 is 10.2 Å². The van der Waals surface area contributed by atoms with Gasteiger partial charge in [0.2, 0.25) is 0 Å². The average molecular weight is 326 g/mol. The molecule has 1 aromatic rings. The van der Waals surface area contributed by atoms with Gasteiger partial charge in [0.1, 0.15) is 0 Å². The highest BCUT2D eigenvalue weighted by Gasteiger charge is 2.18. The Labute approximate surface area is 134 Å². The molecule has 1 aromatic carbocycles. The number of rotatable bonds is 5. The Balaban J connectivity index is 1.87. The molecule has 1 fully saturated rings. The highest BCUT2D eigenvalue weighted by Crippen LogP contribution is 2.22. The third-order valence-electron chi connectivity index (χ3n) is 4.08. The molecule has 0 saturated carbocycles. The van der Waals surface area contributed by atoms with E-state index in [2.05, 4.69) is 17.3 Å². The lowest BCUT2D eigenvalue weighted by atomic mass is 9.94. The van der Waals surface area contributed by atoms with Crippen molar-refractivity contribution in [2.75, 3.05) is 26.7 Å². The van der Waals surface area contributed by atoms with Crippen molar-refractivity contribution in [1.29, 1.82) is 0 Å². The zero-order chi connectivity index (χ0) is 16.1. The molecule has 1 aliphatic rings. The Morgan fingerprint density at radius 3 is 2.77 bits per heavy atom. The van der Waals surface area contributed by atoms with Crippen molar-refractivity contribution in [3.8, 4) is 0 Å². The third-order valence-corrected chi connectivity index (χ3v) is 4.41. The summed E-state index contributed by atoms with van der Waals surface area (Å²) in [5, 5.41) is 13.8. The molecule has 2 rings (SSSR count). The molecule has 22 heavy (non-hydrogen) atoms. The molecule has 1 aliphatic heterocycles. The lowest BCUT2D eigenvalue weighted by molar-refractivity contribution is -0.384. The first-order chi connectivity index (χ1) is 10.5. The van der Waals surface area contributed by atoms with Crippen LogP contribution in [0.25, 0.3) is 0 Å². The van der Waals surface area contributed by atoms with Crippen LogP contribution in [-0.2, 0) is 0 Å². The first-order valence-corrected chi connectivity index (χ1v) is 7.76. The zero-order valence-electron chi connectivity index (χ0n) is 12.5. The molecule has 1 saturated heterocycles. The Bertz CT molecular complexity index is 557. The number of likely N-dealkylation sites (tertiary alicyclic amines) is 1. The van der Waals surface area contributed by atoms with Gasteiger partial charge in [0.15, 0.2) is 0 Å². The lowest BCUT2D eigenvalue weighted by Gasteiger charge is -2.28. The number of amides is 1. The molecule has 6 nitrogen and oxygen atoms in total. The number of nitrogens with zero attached hydrogens (tertiary/aromatic N) is 2. The van der Waals surface area contributed by atoms with Crippen LogP contribution in [-0.4, -0.2) is 42.4 Å². The fourth-order valence-corrected chi connectivity index (χ4v) is 2.84. The van der Waals surface area contributed by atoms with E-state index >= 15 is 0 Å². The molecular weight excluding hydrogens is 306 g/mol. The number of piperidine rings is 1. The van der Waals surface area contributed by atoms with Crippen molar-refractivity contribution in [1.82, 2.24) is 10.2 Å². The first kappa shape index (κ1) is 16.7. The highest BCUT2D eigenvalue weighted by atomic mass is 35.5. The molecule has 1 heterocycles. The van der Waals surface area contributed by atoms with Gasteiger partial charge in [0.05, 0.1) is 15.5 Å². The number of benzene rings is 1. The summed E-state index contributed by atoms with van der Waals surface area (Å²) in [5.41, 5.74) is 0.0177. The Morgan fingerprint density at radius 2 is 2.14 bits per heavy atom. The molecule has 7 heteroatoms. The summed E-state index contributed by atoms with van der Waals surface area (Å²) >= 11 is 5.95. The maximum atomic E-state index is 12.1. The molecule has 0 bridgehead atoms. The second kappa shape index (κ2) is 7.56. The maximum Gasteiger partial charge on any atom is 0.270 e. The van der Waals surface area contributed by atoms with E-state index in [-0.39, 0.29) is 22.2 Å². The molecule has 0 spiro atoms. The molecule has 0 aromatic heterocycles. The summed E-state index contributed by atoms with van der Waals surface area (Å²) < 4.78 is 0. The quantitative estimate of drug-likeness (QED) is 0.667. The maximum absolute atomic E-state index is 12.1. The molecule has 0 unspecified atom stereocenters. The fraction of sp³-hybridized carbons (Fsp3) is 0.533. The molecule has 0 aliphatic carbocycles. The van der Waals surface area contributed by atoms with Crippen molar-refractivity contribution in [2.24, 2.45) is 5.92 Å². The number of nitrogens with one attached hydrogen (secondary N) is 1. The van der Waals surface area contributed by atoms with E-state index in [0.29, 0.717) is 12.5 Å².